The number of imidazole rings is 1. The third kappa shape index (κ3) is 3.49. The van der Waals surface area contributed by atoms with Crippen molar-refractivity contribution in [1.82, 2.24) is 14.5 Å². The van der Waals surface area contributed by atoms with Gasteiger partial charge in [-0.05, 0) is 33.6 Å². The van der Waals surface area contributed by atoms with Crippen LogP contribution < -0.4 is 0 Å². The molecule has 2 heterocycles. The highest BCUT2D eigenvalue weighted by atomic mass is 79.9. The van der Waals surface area contributed by atoms with E-state index in [1.54, 1.807) is 24.7 Å². The summed E-state index contributed by atoms with van der Waals surface area (Å²) >= 11 is 3.28. The van der Waals surface area contributed by atoms with E-state index in [2.05, 4.69) is 38.0 Å². The van der Waals surface area contributed by atoms with Crippen LogP contribution >= 0.6 is 15.9 Å². The number of benzene rings is 1. The van der Waals surface area contributed by atoms with Gasteiger partial charge in [0.1, 0.15) is 4.60 Å². The van der Waals surface area contributed by atoms with Crippen LogP contribution in [0.3, 0.4) is 0 Å². The molecule has 5 heteroatoms. The van der Waals surface area contributed by atoms with Crippen molar-refractivity contribution in [2.24, 2.45) is 0 Å². The summed E-state index contributed by atoms with van der Waals surface area (Å²) in [5, 5.41) is 0. The largest absolute Gasteiger partial charge is 0.326 e. The third-order valence-electron chi connectivity index (χ3n) is 3.39. The Morgan fingerprint density at radius 2 is 2.00 bits per heavy atom. The Hall–Kier alpha value is -2.27. The number of nitrogens with zero attached hydrogens (tertiary/aromatic N) is 3. The second-order valence-electron chi connectivity index (χ2n) is 4.97. The molecule has 4 nitrogen and oxygen atoms in total. The zero-order valence-corrected chi connectivity index (χ0v) is 13.4. The van der Waals surface area contributed by atoms with Gasteiger partial charge in [0.15, 0.2) is 5.78 Å². The molecule has 0 fully saturated rings. The molecule has 0 aliphatic carbocycles. The molecule has 3 rings (SSSR count). The molecule has 0 unspecified atom stereocenters. The number of ketones is 1. The van der Waals surface area contributed by atoms with Crippen LogP contribution in [0, 0.1) is 0 Å². The summed E-state index contributed by atoms with van der Waals surface area (Å²) in [5.74, 6) is 0.0374. The van der Waals surface area contributed by atoms with Gasteiger partial charge in [0.05, 0.1) is 12.9 Å². The number of carbonyl (C=O) groups excluding carboxylic acids is 1. The molecule has 3 aromatic rings. The summed E-state index contributed by atoms with van der Waals surface area (Å²) in [6.07, 6.45) is 5.89. The van der Waals surface area contributed by atoms with Gasteiger partial charge in [0, 0.05) is 30.1 Å². The fourth-order valence-electron chi connectivity index (χ4n) is 2.26. The molecule has 1 aromatic carbocycles. The standard InChI is InChI=1S/C17H14BrN3O/c18-17-9-14(6-7-20-17)16(22)11-21-12-19-10-15(21)8-13-4-2-1-3-5-13/h1-7,9-10,12H,8,11H2. The number of pyridine rings is 1. The first kappa shape index (κ1) is 14.7. The molecule has 22 heavy (non-hydrogen) atoms. The van der Waals surface area contributed by atoms with Crippen molar-refractivity contribution < 1.29 is 4.79 Å². The minimum absolute atomic E-state index is 0.0374. The van der Waals surface area contributed by atoms with Crippen molar-refractivity contribution in [1.29, 1.82) is 0 Å². The summed E-state index contributed by atoms with van der Waals surface area (Å²) in [7, 11) is 0. The first-order chi connectivity index (χ1) is 10.7. The van der Waals surface area contributed by atoms with Crippen LogP contribution in [0.15, 0.2) is 65.8 Å². The highest BCUT2D eigenvalue weighted by molar-refractivity contribution is 9.10. The van der Waals surface area contributed by atoms with E-state index >= 15 is 0 Å². The van der Waals surface area contributed by atoms with Crippen molar-refractivity contribution in [2.45, 2.75) is 13.0 Å². The lowest BCUT2D eigenvalue weighted by Crippen LogP contribution is -2.12. The molecule has 0 saturated carbocycles. The monoisotopic (exact) mass is 355 g/mol. The van der Waals surface area contributed by atoms with Crippen molar-refractivity contribution in [3.8, 4) is 0 Å². The van der Waals surface area contributed by atoms with Crippen LogP contribution in [0.25, 0.3) is 0 Å². The van der Waals surface area contributed by atoms with Crippen LogP contribution in [0.2, 0.25) is 0 Å². The maximum atomic E-state index is 12.4. The molecule has 2 aromatic heterocycles. The van der Waals surface area contributed by atoms with E-state index in [-0.39, 0.29) is 12.3 Å². The van der Waals surface area contributed by atoms with Gasteiger partial charge in [0.25, 0.3) is 0 Å². The summed E-state index contributed by atoms with van der Waals surface area (Å²) in [6.45, 7) is 0.276. The maximum Gasteiger partial charge on any atom is 0.182 e. The summed E-state index contributed by atoms with van der Waals surface area (Å²) in [4.78, 5) is 20.6. The first-order valence-electron chi connectivity index (χ1n) is 6.90. The first-order valence-corrected chi connectivity index (χ1v) is 7.69. The van der Waals surface area contributed by atoms with Gasteiger partial charge in [-0.3, -0.25) is 4.79 Å². The number of hydrogen-bond donors (Lipinski definition) is 0. The van der Waals surface area contributed by atoms with Crippen LogP contribution in [0.5, 0.6) is 0 Å². The zero-order chi connectivity index (χ0) is 15.4. The average molecular weight is 356 g/mol. The van der Waals surface area contributed by atoms with Gasteiger partial charge in [-0.15, -0.1) is 0 Å². The van der Waals surface area contributed by atoms with Crippen LogP contribution in [-0.2, 0) is 13.0 Å². The molecule has 0 radical (unpaired) electrons. The van der Waals surface area contributed by atoms with Crippen molar-refractivity contribution in [3.63, 3.8) is 0 Å². The van der Waals surface area contributed by atoms with E-state index in [0.717, 1.165) is 12.1 Å². The lowest BCUT2D eigenvalue weighted by Gasteiger charge is -2.08. The highest BCUT2D eigenvalue weighted by Crippen LogP contribution is 2.12. The fourth-order valence-corrected chi connectivity index (χ4v) is 2.63. The maximum absolute atomic E-state index is 12.4. The van der Waals surface area contributed by atoms with E-state index in [4.69, 9.17) is 0 Å². The van der Waals surface area contributed by atoms with Crippen LogP contribution in [0.1, 0.15) is 21.6 Å². The molecule has 0 bridgehead atoms. The third-order valence-corrected chi connectivity index (χ3v) is 3.82. The Balaban J connectivity index is 1.76. The van der Waals surface area contributed by atoms with Gasteiger partial charge in [-0.25, -0.2) is 9.97 Å². The predicted molar refractivity (Wildman–Crippen MR) is 87.7 cm³/mol. The second kappa shape index (κ2) is 6.66. The number of carbonyl (C=O) groups is 1. The van der Waals surface area contributed by atoms with E-state index in [0.29, 0.717) is 10.2 Å². The summed E-state index contributed by atoms with van der Waals surface area (Å²) in [5.41, 5.74) is 2.86. The Bertz CT molecular complexity index is 783. The van der Waals surface area contributed by atoms with Gasteiger partial charge in [-0.2, -0.15) is 0 Å². The summed E-state index contributed by atoms with van der Waals surface area (Å²) in [6, 6.07) is 13.6. The molecule has 0 aliphatic rings. The van der Waals surface area contributed by atoms with Crippen molar-refractivity contribution in [3.05, 3.63) is 82.6 Å². The molecule has 0 saturated heterocycles. The second-order valence-corrected chi connectivity index (χ2v) is 5.78. The zero-order valence-electron chi connectivity index (χ0n) is 11.8. The van der Waals surface area contributed by atoms with Crippen LogP contribution in [-0.4, -0.2) is 20.3 Å². The normalized spacial score (nSPS) is 10.6. The quantitative estimate of drug-likeness (QED) is 0.519. The highest BCUT2D eigenvalue weighted by Gasteiger charge is 2.10. The van der Waals surface area contributed by atoms with Crippen molar-refractivity contribution >= 4 is 21.7 Å². The number of hydrogen-bond acceptors (Lipinski definition) is 3. The molecular weight excluding hydrogens is 342 g/mol. The molecular formula is C17H14BrN3O. The van der Waals surface area contributed by atoms with Crippen LogP contribution in [0.4, 0.5) is 0 Å². The van der Waals surface area contributed by atoms with E-state index in [9.17, 15) is 4.79 Å². The fraction of sp³-hybridized carbons (Fsp3) is 0.118. The van der Waals surface area contributed by atoms with Gasteiger partial charge < -0.3 is 4.57 Å². The SMILES string of the molecule is O=C(Cn1cncc1Cc1ccccc1)c1ccnc(Br)c1. The summed E-state index contributed by atoms with van der Waals surface area (Å²) < 4.78 is 2.55. The molecule has 0 aliphatic heterocycles. The Morgan fingerprint density at radius 3 is 2.77 bits per heavy atom. The Kier molecular flexibility index (Phi) is 4.44. The van der Waals surface area contributed by atoms with Gasteiger partial charge in [0.2, 0.25) is 0 Å². The number of rotatable bonds is 5. The lowest BCUT2D eigenvalue weighted by atomic mass is 10.1. The Labute approximate surface area is 137 Å². The van der Waals surface area contributed by atoms with E-state index < -0.39 is 0 Å². The minimum atomic E-state index is 0.0374. The topological polar surface area (TPSA) is 47.8 Å². The molecule has 0 amide bonds. The molecule has 0 atom stereocenters. The van der Waals surface area contributed by atoms with E-state index in [1.165, 1.54) is 5.56 Å². The molecule has 0 N–H and O–H groups in total. The van der Waals surface area contributed by atoms with Gasteiger partial charge in [-0.1, -0.05) is 30.3 Å². The lowest BCUT2D eigenvalue weighted by molar-refractivity contribution is 0.0971. The van der Waals surface area contributed by atoms with E-state index in [1.807, 2.05) is 29.0 Å². The number of halogens is 1. The number of aromatic nitrogens is 3. The Morgan fingerprint density at radius 1 is 1.18 bits per heavy atom. The number of Topliss-reactive ketones (excluding diaryl/α,β-unsaturated/α-hetero) is 1. The minimum Gasteiger partial charge on any atom is -0.326 e. The smallest absolute Gasteiger partial charge is 0.182 e. The van der Waals surface area contributed by atoms with Crippen molar-refractivity contribution in [2.75, 3.05) is 0 Å². The van der Waals surface area contributed by atoms with Gasteiger partial charge >= 0.3 is 0 Å². The predicted octanol–water partition coefficient (Wildman–Crippen LogP) is 3.51. The molecule has 110 valence electrons. The molecule has 0 spiro atoms. The average Bonchev–Trinajstić information content (AvgIpc) is 2.95.